The Morgan fingerprint density at radius 1 is 0.818 bits per heavy atom. The summed E-state index contributed by atoms with van der Waals surface area (Å²) in [7, 11) is 0. The van der Waals surface area contributed by atoms with E-state index < -0.39 is 0 Å². The van der Waals surface area contributed by atoms with Gasteiger partial charge in [0, 0.05) is 29.9 Å². The molecule has 0 aromatic carbocycles. The summed E-state index contributed by atoms with van der Waals surface area (Å²) in [5.74, 6) is 0. The molecule has 0 saturated heterocycles. The number of rotatable bonds is 1. The van der Waals surface area contributed by atoms with Crippen molar-refractivity contribution in [2.75, 3.05) is 0 Å². The van der Waals surface area contributed by atoms with E-state index >= 15 is 0 Å². The van der Waals surface area contributed by atoms with Crippen molar-refractivity contribution in [1.82, 2.24) is 0 Å². The summed E-state index contributed by atoms with van der Waals surface area (Å²) < 4.78 is 0. The fourth-order valence-corrected chi connectivity index (χ4v) is 2.42. The molecule has 0 amide bonds. The van der Waals surface area contributed by atoms with Crippen LogP contribution in [0.4, 0.5) is 0 Å². The first kappa shape index (κ1) is 9.14. The van der Waals surface area contributed by atoms with Gasteiger partial charge in [0.15, 0.2) is 0 Å². The Bertz CT molecular complexity index is 252. The minimum atomic E-state index is 0. The maximum atomic E-state index is 2.15. The van der Waals surface area contributed by atoms with Crippen LogP contribution in [0.3, 0.4) is 0 Å². The third-order valence-corrected chi connectivity index (χ3v) is 3.22. The normalized spacial score (nSPS) is 9.09. The van der Waals surface area contributed by atoms with E-state index in [1.54, 1.807) is 22.7 Å². The summed E-state index contributed by atoms with van der Waals surface area (Å²) in [6.45, 7) is 0. The fourth-order valence-electron chi connectivity index (χ4n) is 0.838. The zero-order valence-corrected chi connectivity index (χ0v) is 9.64. The van der Waals surface area contributed by atoms with Crippen molar-refractivity contribution in [3.63, 3.8) is 0 Å². The molecule has 59 valence electrons. The van der Waals surface area contributed by atoms with Crippen molar-refractivity contribution in [2.45, 2.75) is 0 Å². The van der Waals surface area contributed by atoms with Crippen LogP contribution in [0.5, 0.6) is 0 Å². The molecule has 0 N–H and O–H groups in total. The first-order valence-corrected chi connectivity index (χ1v) is 4.80. The number of thiophene rings is 2. The molecule has 0 nitrogen and oxygen atoms in total. The van der Waals surface area contributed by atoms with Gasteiger partial charge in [0.1, 0.15) is 0 Å². The average Bonchev–Trinajstić information content (AvgIpc) is 2.59. The van der Waals surface area contributed by atoms with Gasteiger partial charge in [-0.25, -0.2) is 0 Å². The summed E-state index contributed by atoms with van der Waals surface area (Å²) in [5, 5.41) is 4.21. The van der Waals surface area contributed by atoms with Gasteiger partial charge >= 0.3 is 0 Å². The number of hydrogen-bond donors (Lipinski definition) is 0. The van der Waals surface area contributed by atoms with Gasteiger partial charge in [-0.3, -0.25) is 0 Å². The van der Waals surface area contributed by atoms with Crippen LogP contribution in [0.15, 0.2) is 35.0 Å². The molecule has 0 atom stereocenters. The summed E-state index contributed by atoms with van der Waals surface area (Å²) in [5.41, 5.74) is 0. The molecule has 11 heavy (non-hydrogen) atoms. The smallest absolute Gasteiger partial charge is 0.0442 e. The predicted molar refractivity (Wildman–Crippen MR) is 47.6 cm³/mol. The molecule has 3 heteroatoms. The summed E-state index contributed by atoms with van der Waals surface area (Å²) >= 11 is 3.58. The number of hydrogen-bond acceptors (Lipinski definition) is 2. The van der Waals surface area contributed by atoms with Gasteiger partial charge < -0.3 is 0 Å². The van der Waals surface area contributed by atoms with Crippen molar-refractivity contribution in [3.05, 3.63) is 35.0 Å². The Balaban J connectivity index is 0.000000605. The Labute approximate surface area is 87.2 Å². The molecule has 0 aliphatic rings. The zero-order valence-electron chi connectivity index (χ0n) is 5.61. The summed E-state index contributed by atoms with van der Waals surface area (Å²) in [4.78, 5) is 2.74. The van der Waals surface area contributed by atoms with Crippen LogP contribution >= 0.6 is 22.7 Å². The van der Waals surface area contributed by atoms with Crippen molar-refractivity contribution < 1.29 is 20.1 Å². The topological polar surface area (TPSA) is 0 Å². The zero-order chi connectivity index (χ0) is 6.81. The average molecular weight is 358 g/mol. The van der Waals surface area contributed by atoms with Crippen LogP contribution in [0.2, 0.25) is 0 Å². The molecule has 0 fully saturated rings. The van der Waals surface area contributed by atoms with E-state index in [-0.39, 0.29) is 20.1 Å². The van der Waals surface area contributed by atoms with Crippen LogP contribution in [0.25, 0.3) is 9.75 Å². The Kier molecular flexibility index (Phi) is 3.46. The quantitative estimate of drug-likeness (QED) is 0.732. The maximum absolute atomic E-state index is 2.15. The van der Waals surface area contributed by atoms with E-state index in [1.807, 2.05) is 0 Å². The first-order chi connectivity index (χ1) is 4.97. The molecule has 0 saturated carbocycles. The van der Waals surface area contributed by atoms with Crippen molar-refractivity contribution in [1.29, 1.82) is 0 Å². The Hall–Kier alpha value is 0.0494. The van der Waals surface area contributed by atoms with Gasteiger partial charge in [-0.1, -0.05) is 12.1 Å². The van der Waals surface area contributed by atoms with E-state index in [1.165, 1.54) is 9.75 Å². The van der Waals surface area contributed by atoms with Gasteiger partial charge in [-0.2, -0.15) is 0 Å². The second-order valence-corrected chi connectivity index (χ2v) is 3.85. The molecule has 0 spiro atoms. The maximum Gasteiger partial charge on any atom is 0.0442 e. The molecule has 0 aliphatic carbocycles. The molecule has 2 aromatic heterocycles. The van der Waals surface area contributed by atoms with Crippen molar-refractivity contribution in [2.24, 2.45) is 0 Å². The van der Waals surface area contributed by atoms with Crippen LogP contribution in [0.1, 0.15) is 0 Å². The second kappa shape index (κ2) is 4.17. The van der Waals surface area contributed by atoms with Gasteiger partial charge in [0.25, 0.3) is 0 Å². The molecule has 1 radical (unpaired) electrons. The standard InChI is InChI=1S/C8H6S2.Ir/c1-3-7(9-5-1)8-4-2-6-10-8;/h1-6H;. The minimum Gasteiger partial charge on any atom is -0.143 e. The molecule has 2 rings (SSSR count). The summed E-state index contributed by atoms with van der Waals surface area (Å²) in [6, 6.07) is 8.46. The van der Waals surface area contributed by atoms with E-state index in [4.69, 9.17) is 0 Å². The van der Waals surface area contributed by atoms with Crippen LogP contribution in [-0.4, -0.2) is 0 Å². The van der Waals surface area contributed by atoms with Gasteiger partial charge in [-0.05, 0) is 22.9 Å². The van der Waals surface area contributed by atoms with Gasteiger partial charge in [0.05, 0.1) is 0 Å². The van der Waals surface area contributed by atoms with E-state index in [0.29, 0.717) is 0 Å². The Morgan fingerprint density at radius 3 is 1.55 bits per heavy atom. The molecule has 0 aliphatic heterocycles. The molecule has 0 unspecified atom stereocenters. The fraction of sp³-hybridized carbons (Fsp3) is 0. The van der Waals surface area contributed by atoms with E-state index in [9.17, 15) is 0 Å². The molecular weight excluding hydrogens is 352 g/mol. The molecular formula is C8H6IrS2. The second-order valence-electron chi connectivity index (χ2n) is 1.95. The molecule has 2 heterocycles. The van der Waals surface area contributed by atoms with Crippen molar-refractivity contribution in [3.8, 4) is 9.75 Å². The van der Waals surface area contributed by atoms with Crippen LogP contribution in [0, 0.1) is 0 Å². The van der Waals surface area contributed by atoms with Gasteiger partial charge in [-0.15, -0.1) is 22.7 Å². The third-order valence-electron chi connectivity index (χ3n) is 1.29. The van der Waals surface area contributed by atoms with E-state index in [2.05, 4.69) is 35.0 Å². The Morgan fingerprint density at radius 2 is 1.27 bits per heavy atom. The molecule has 0 bridgehead atoms. The van der Waals surface area contributed by atoms with Gasteiger partial charge in [0.2, 0.25) is 0 Å². The summed E-state index contributed by atoms with van der Waals surface area (Å²) in [6.07, 6.45) is 0. The largest absolute Gasteiger partial charge is 0.143 e. The van der Waals surface area contributed by atoms with E-state index in [0.717, 1.165) is 0 Å². The van der Waals surface area contributed by atoms with Crippen molar-refractivity contribution >= 4 is 22.7 Å². The van der Waals surface area contributed by atoms with Crippen LogP contribution in [-0.2, 0) is 20.1 Å². The minimum absolute atomic E-state index is 0. The molecule has 2 aromatic rings. The predicted octanol–water partition coefficient (Wildman–Crippen LogP) is 3.47. The third kappa shape index (κ3) is 2.00. The SMILES string of the molecule is [Ir].c1csc(-c2cccs2)c1. The first-order valence-electron chi connectivity index (χ1n) is 3.04. The van der Waals surface area contributed by atoms with Crippen LogP contribution < -0.4 is 0 Å². The monoisotopic (exact) mass is 359 g/mol.